The Labute approximate surface area is 207 Å². The molecule has 1 unspecified atom stereocenters. The molecule has 1 aliphatic heterocycles. The Morgan fingerprint density at radius 2 is 2.03 bits per heavy atom. The van der Waals surface area contributed by atoms with Gasteiger partial charge in [-0.05, 0) is 43.7 Å². The van der Waals surface area contributed by atoms with Gasteiger partial charge in [0.1, 0.15) is 18.0 Å². The standard InChI is InChI=1S/C25H38N6O4/c1-7-13-29(4)25(33)35-16-22-23(27-28-30(22)5)20-10-11-21(19(9-3)26-20)31-14-12-17(15-31)18(8-2)24(32)34-6/h10-11,17-18H,7-9,12-16H2,1-6H3/t17-,18?/m1/s1. The van der Waals surface area contributed by atoms with Crippen LogP contribution in [0, 0.1) is 11.8 Å². The smallest absolute Gasteiger partial charge is 0.409 e. The van der Waals surface area contributed by atoms with Crippen LogP contribution in [-0.4, -0.2) is 70.7 Å². The first-order valence-electron chi connectivity index (χ1n) is 12.4. The minimum atomic E-state index is -0.377. The van der Waals surface area contributed by atoms with Crippen molar-refractivity contribution in [1.82, 2.24) is 24.9 Å². The molecule has 10 nitrogen and oxygen atoms in total. The Morgan fingerprint density at radius 3 is 2.69 bits per heavy atom. The van der Waals surface area contributed by atoms with Crippen molar-refractivity contribution in [1.29, 1.82) is 0 Å². The number of nitrogens with zero attached hydrogens (tertiary/aromatic N) is 6. The molecule has 1 saturated heterocycles. The SMILES string of the molecule is CCCN(C)C(=O)OCc1c(-c2ccc(N3CC[C@@H](C(CC)C(=O)OC)C3)c(CC)n2)nnn1C. The Kier molecular flexibility index (Phi) is 9.06. The number of hydrogen-bond donors (Lipinski definition) is 0. The lowest BCUT2D eigenvalue weighted by Gasteiger charge is -2.24. The van der Waals surface area contributed by atoms with Crippen molar-refractivity contribution < 1.29 is 19.1 Å². The molecule has 0 radical (unpaired) electrons. The van der Waals surface area contributed by atoms with Crippen LogP contribution in [0.1, 0.15) is 51.4 Å². The molecular formula is C25H38N6O4. The van der Waals surface area contributed by atoms with Crippen molar-refractivity contribution in [2.24, 2.45) is 18.9 Å². The van der Waals surface area contributed by atoms with E-state index in [1.807, 2.05) is 19.9 Å². The molecule has 10 heteroatoms. The predicted molar refractivity (Wildman–Crippen MR) is 133 cm³/mol. The van der Waals surface area contributed by atoms with Gasteiger partial charge in [-0.25, -0.2) is 14.5 Å². The highest BCUT2D eigenvalue weighted by molar-refractivity contribution is 5.73. The van der Waals surface area contributed by atoms with Gasteiger partial charge in [-0.15, -0.1) is 5.10 Å². The van der Waals surface area contributed by atoms with Gasteiger partial charge in [0.2, 0.25) is 0 Å². The first-order valence-corrected chi connectivity index (χ1v) is 12.4. The second-order valence-electron chi connectivity index (χ2n) is 9.03. The van der Waals surface area contributed by atoms with E-state index >= 15 is 0 Å². The number of rotatable bonds is 10. The van der Waals surface area contributed by atoms with E-state index < -0.39 is 0 Å². The zero-order valence-corrected chi connectivity index (χ0v) is 21.8. The topological polar surface area (TPSA) is 103 Å². The zero-order chi connectivity index (χ0) is 25.5. The van der Waals surface area contributed by atoms with E-state index in [0.717, 1.165) is 50.2 Å². The van der Waals surface area contributed by atoms with Crippen LogP contribution in [0.2, 0.25) is 0 Å². The summed E-state index contributed by atoms with van der Waals surface area (Å²) in [6, 6.07) is 4.01. The number of hydrogen-bond acceptors (Lipinski definition) is 8. The van der Waals surface area contributed by atoms with Crippen LogP contribution in [0.25, 0.3) is 11.4 Å². The molecule has 2 aromatic heterocycles. The van der Waals surface area contributed by atoms with E-state index in [-0.39, 0.29) is 30.5 Å². The van der Waals surface area contributed by atoms with Gasteiger partial charge in [-0.2, -0.15) is 0 Å². The molecule has 0 aromatic carbocycles. The first kappa shape index (κ1) is 26.4. The van der Waals surface area contributed by atoms with Gasteiger partial charge in [0.05, 0.1) is 30.1 Å². The molecule has 2 aromatic rings. The third kappa shape index (κ3) is 5.91. The minimum absolute atomic E-state index is 0.0658. The number of aromatic nitrogens is 4. The summed E-state index contributed by atoms with van der Waals surface area (Å²) < 4.78 is 12.1. The summed E-state index contributed by atoms with van der Waals surface area (Å²) in [4.78, 5) is 33.2. The fourth-order valence-electron chi connectivity index (χ4n) is 4.76. The molecule has 0 saturated carbocycles. The predicted octanol–water partition coefficient (Wildman–Crippen LogP) is 3.44. The molecule has 1 aliphatic rings. The summed E-state index contributed by atoms with van der Waals surface area (Å²) in [6.45, 7) is 8.51. The highest BCUT2D eigenvalue weighted by Gasteiger charge is 2.34. The molecular weight excluding hydrogens is 448 g/mol. The molecule has 0 spiro atoms. The van der Waals surface area contributed by atoms with Gasteiger partial charge in [0.15, 0.2) is 0 Å². The van der Waals surface area contributed by atoms with Crippen LogP contribution in [-0.2, 0) is 34.3 Å². The summed E-state index contributed by atoms with van der Waals surface area (Å²) >= 11 is 0. The number of carbonyl (C=O) groups excluding carboxylic acids is 2. The van der Waals surface area contributed by atoms with Gasteiger partial charge in [0.25, 0.3) is 0 Å². The molecule has 0 aliphatic carbocycles. The lowest BCUT2D eigenvalue weighted by Crippen LogP contribution is -2.28. The van der Waals surface area contributed by atoms with Crippen LogP contribution in [0.15, 0.2) is 12.1 Å². The monoisotopic (exact) mass is 486 g/mol. The zero-order valence-electron chi connectivity index (χ0n) is 21.8. The number of amides is 1. The lowest BCUT2D eigenvalue weighted by atomic mass is 9.89. The van der Waals surface area contributed by atoms with Gasteiger partial charge in [0, 0.05) is 33.7 Å². The maximum absolute atomic E-state index is 12.2. The number of anilines is 1. The summed E-state index contributed by atoms with van der Waals surface area (Å²) in [5.41, 5.74) is 4.04. The molecule has 1 amide bonds. The minimum Gasteiger partial charge on any atom is -0.469 e. The third-order valence-electron chi connectivity index (χ3n) is 6.75. The number of carbonyl (C=O) groups is 2. The van der Waals surface area contributed by atoms with Gasteiger partial charge in [-0.3, -0.25) is 4.79 Å². The highest BCUT2D eigenvalue weighted by Crippen LogP contribution is 2.33. The van der Waals surface area contributed by atoms with Gasteiger partial charge < -0.3 is 19.3 Å². The second kappa shape index (κ2) is 12.0. The van der Waals surface area contributed by atoms with Crippen molar-refractivity contribution in [2.75, 3.05) is 38.7 Å². The van der Waals surface area contributed by atoms with Crippen molar-refractivity contribution in [3.63, 3.8) is 0 Å². The number of aryl methyl sites for hydroxylation is 2. The molecule has 0 N–H and O–H groups in total. The fourth-order valence-corrected chi connectivity index (χ4v) is 4.76. The van der Waals surface area contributed by atoms with Crippen molar-refractivity contribution in [2.45, 2.75) is 53.1 Å². The molecule has 2 atom stereocenters. The van der Waals surface area contributed by atoms with Crippen LogP contribution >= 0.6 is 0 Å². The van der Waals surface area contributed by atoms with Crippen molar-refractivity contribution in [3.8, 4) is 11.4 Å². The maximum Gasteiger partial charge on any atom is 0.409 e. The molecule has 3 heterocycles. The average Bonchev–Trinajstić information content (AvgIpc) is 3.49. The molecule has 0 bridgehead atoms. The lowest BCUT2D eigenvalue weighted by molar-refractivity contribution is -0.147. The summed E-state index contributed by atoms with van der Waals surface area (Å²) in [5, 5.41) is 8.44. The van der Waals surface area contributed by atoms with E-state index in [1.165, 1.54) is 7.11 Å². The van der Waals surface area contributed by atoms with Gasteiger partial charge in [-0.1, -0.05) is 26.0 Å². The van der Waals surface area contributed by atoms with E-state index in [4.69, 9.17) is 14.5 Å². The van der Waals surface area contributed by atoms with Crippen molar-refractivity contribution in [3.05, 3.63) is 23.5 Å². The molecule has 35 heavy (non-hydrogen) atoms. The summed E-state index contributed by atoms with van der Waals surface area (Å²) in [5.74, 6) is 0.0628. The number of esters is 1. The maximum atomic E-state index is 12.2. The number of ether oxygens (including phenoxy) is 2. The van der Waals surface area contributed by atoms with Crippen LogP contribution < -0.4 is 4.90 Å². The number of methoxy groups -OCH3 is 1. The van der Waals surface area contributed by atoms with E-state index in [0.29, 0.717) is 23.6 Å². The Bertz CT molecular complexity index is 1020. The second-order valence-corrected chi connectivity index (χ2v) is 9.03. The normalized spacial score (nSPS) is 16.3. The Hall–Kier alpha value is -3.17. The van der Waals surface area contributed by atoms with Crippen molar-refractivity contribution >= 4 is 17.7 Å². The van der Waals surface area contributed by atoms with Crippen LogP contribution in [0.5, 0.6) is 0 Å². The largest absolute Gasteiger partial charge is 0.469 e. The average molecular weight is 487 g/mol. The Morgan fingerprint density at radius 1 is 1.26 bits per heavy atom. The third-order valence-corrected chi connectivity index (χ3v) is 6.75. The molecule has 192 valence electrons. The summed E-state index contributed by atoms with van der Waals surface area (Å²) in [7, 11) is 4.96. The molecule has 3 rings (SSSR count). The quantitative estimate of drug-likeness (QED) is 0.471. The molecule has 1 fully saturated rings. The van der Waals surface area contributed by atoms with E-state index in [9.17, 15) is 9.59 Å². The van der Waals surface area contributed by atoms with E-state index in [2.05, 4.69) is 28.2 Å². The van der Waals surface area contributed by atoms with Crippen LogP contribution in [0.4, 0.5) is 10.5 Å². The Balaban J connectivity index is 1.78. The van der Waals surface area contributed by atoms with Crippen LogP contribution in [0.3, 0.4) is 0 Å². The number of pyridine rings is 1. The van der Waals surface area contributed by atoms with Gasteiger partial charge >= 0.3 is 12.1 Å². The summed E-state index contributed by atoms with van der Waals surface area (Å²) in [6.07, 6.45) is 2.96. The fraction of sp³-hybridized carbons (Fsp3) is 0.640. The first-order chi connectivity index (χ1) is 16.8. The van der Waals surface area contributed by atoms with E-state index in [1.54, 1.807) is 23.7 Å². The highest BCUT2D eigenvalue weighted by atomic mass is 16.6.